The summed E-state index contributed by atoms with van der Waals surface area (Å²) in [4.78, 5) is 40.9. The number of thioether (sulfide) groups is 1. The molecule has 43 heavy (non-hydrogen) atoms. The maximum Gasteiger partial charge on any atom is 0.310 e. The number of para-hydroxylation sites is 1. The molecule has 2 aromatic carbocycles. The molecule has 2 aliphatic rings. The third-order valence-corrected chi connectivity index (χ3v) is 8.65. The molecular weight excluding hydrogens is 569 g/mol. The van der Waals surface area contributed by atoms with E-state index in [-0.39, 0.29) is 23.6 Å². The van der Waals surface area contributed by atoms with Crippen molar-refractivity contribution in [3.63, 3.8) is 0 Å². The Labute approximate surface area is 256 Å². The lowest BCUT2D eigenvalue weighted by atomic mass is 9.97. The summed E-state index contributed by atoms with van der Waals surface area (Å²) in [5.74, 6) is 0.718. The fourth-order valence-corrected chi connectivity index (χ4v) is 6.31. The van der Waals surface area contributed by atoms with Crippen LogP contribution in [0.5, 0.6) is 0 Å². The van der Waals surface area contributed by atoms with Crippen molar-refractivity contribution in [2.75, 3.05) is 62.8 Å². The van der Waals surface area contributed by atoms with Crippen LogP contribution in [0.1, 0.15) is 41.4 Å². The van der Waals surface area contributed by atoms with E-state index in [1.807, 2.05) is 42.5 Å². The number of likely N-dealkylation sites (tertiary alicyclic amines) is 1. The molecular formula is C32H38FN5O4S. The van der Waals surface area contributed by atoms with Crippen molar-refractivity contribution in [2.24, 2.45) is 5.92 Å². The summed E-state index contributed by atoms with van der Waals surface area (Å²) in [6.07, 6.45) is 1.54. The predicted octanol–water partition coefficient (Wildman–Crippen LogP) is 4.80. The van der Waals surface area contributed by atoms with E-state index in [9.17, 15) is 14.0 Å². The van der Waals surface area contributed by atoms with Crippen LogP contribution in [0.15, 0.2) is 59.8 Å². The second-order valence-corrected chi connectivity index (χ2v) is 11.6. The summed E-state index contributed by atoms with van der Waals surface area (Å²) in [5.41, 5.74) is 3.08. The zero-order valence-corrected chi connectivity index (χ0v) is 25.5. The first-order chi connectivity index (χ1) is 20.9. The van der Waals surface area contributed by atoms with Crippen LogP contribution in [0.2, 0.25) is 0 Å². The lowest BCUT2D eigenvalue weighted by Gasteiger charge is -2.37. The second-order valence-electron chi connectivity index (χ2n) is 10.7. The highest BCUT2D eigenvalue weighted by Crippen LogP contribution is 2.27. The van der Waals surface area contributed by atoms with E-state index >= 15 is 0 Å². The summed E-state index contributed by atoms with van der Waals surface area (Å²) < 4.78 is 24.8. The Morgan fingerprint density at radius 3 is 2.47 bits per heavy atom. The van der Waals surface area contributed by atoms with E-state index in [4.69, 9.17) is 19.4 Å². The Morgan fingerprint density at radius 1 is 1.00 bits per heavy atom. The number of hydrogen-bond donors (Lipinski definition) is 0. The molecule has 1 amide bonds. The van der Waals surface area contributed by atoms with Gasteiger partial charge in [-0.3, -0.25) is 9.59 Å². The molecule has 5 rings (SSSR count). The molecule has 3 aromatic rings. The van der Waals surface area contributed by atoms with Crippen molar-refractivity contribution >= 4 is 35.1 Å². The van der Waals surface area contributed by atoms with Gasteiger partial charge in [-0.2, -0.15) is 0 Å². The van der Waals surface area contributed by atoms with Gasteiger partial charge in [0.05, 0.1) is 30.5 Å². The first-order valence-corrected chi connectivity index (χ1v) is 15.7. The maximum atomic E-state index is 14.3. The SMILES string of the molecule is CCOC(=O)C1CCCN(C(=O)c2ccc(CSc3nc(COC)cc(N4CCN(c5ccccc5F)CC4)n3)cc2)C1. The molecule has 0 spiro atoms. The first-order valence-electron chi connectivity index (χ1n) is 14.7. The van der Waals surface area contributed by atoms with Gasteiger partial charge < -0.3 is 24.2 Å². The van der Waals surface area contributed by atoms with Gasteiger partial charge in [-0.05, 0) is 49.6 Å². The summed E-state index contributed by atoms with van der Waals surface area (Å²) in [6.45, 7) is 6.38. The summed E-state index contributed by atoms with van der Waals surface area (Å²) >= 11 is 1.53. The fraction of sp³-hybridized carbons (Fsp3) is 0.438. The third-order valence-electron chi connectivity index (χ3n) is 7.73. The van der Waals surface area contributed by atoms with Crippen molar-refractivity contribution < 1.29 is 23.5 Å². The summed E-state index contributed by atoms with van der Waals surface area (Å²) in [6, 6.07) is 16.4. The molecule has 9 nitrogen and oxygen atoms in total. The van der Waals surface area contributed by atoms with Gasteiger partial charge in [-0.15, -0.1) is 0 Å². The monoisotopic (exact) mass is 607 g/mol. The number of anilines is 2. The molecule has 2 saturated heterocycles. The number of aromatic nitrogens is 2. The molecule has 1 aromatic heterocycles. The zero-order chi connectivity index (χ0) is 30.2. The molecule has 0 saturated carbocycles. The number of amides is 1. The highest BCUT2D eigenvalue weighted by Gasteiger charge is 2.30. The molecule has 228 valence electrons. The van der Waals surface area contributed by atoms with Crippen LogP contribution in [-0.4, -0.2) is 79.7 Å². The van der Waals surface area contributed by atoms with Crippen molar-refractivity contribution in [3.05, 3.63) is 77.2 Å². The van der Waals surface area contributed by atoms with Gasteiger partial charge in [-0.1, -0.05) is 36.0 Å². The van der Waals surface area contributed by atoms with Crippen molar-refractivity contribution in [2.45, 2.75) is 37.3 Å². The topological polar surface area (TPSA) is 88.1 Å². The van der Waals surface area contributed by atoms with Crippen molar-refractivity contribution in [1.29, 1.82) is 0 Å². The zero-order valence-electron chi connectivity index (χ0n) is 24.7. The van der Waals surface area contributed by atoms with Crippen molar-refractivity contribution in [1.82, 2.24) is 14.9 Å². The quantitative estimate of drug-likeness (QED) is 0.183. The number of halogens is 1. The predicted molar refractivity (Wildman–Crippen MR) is 165 cm³/mol. The number of rotatable bonds is 10. The minimum absolute atomic E-state index is 0.0662. The molecule has 3 heterocycles. The smallest absolute Gasteiger partial charge is 0.310 e. The number of piperidine rings is 1. The first kappa shape index (κ1) is 30.7. The number of methoxy groups -OCH3 is 1. The van der Waals surface area contributed by atoms with Gasteiger partial charge in [0.2, 0.25) is 0 Å². The van der Waals surface area contributed by atoms with Gasteiger partial charge in [-0.25, -0.2) is 14.4 Å². The standard InChI is InChI=1S/C32H38FN5O4S/c1-3-42-31(40)25-7-6-14-38(20-25)30(39)24-12-10-23(11-13-24)22-43-32-34-26(21-41-2)19-29(35-32)37-17-15-36(16-18-37)28-9-5-4-8-27(28)33/h4-5,8-13,19,25H,3,6-7,14-18,20-22H2,1-2H3. The molecule has 2 fully saturated rings. The molecule has 0 aliphatic carbocycles. The van der Waals surface area contributed by atoms with Crippen molar-refractivity contribution in [3.8, 4) is 0 Å². The van der Waals surface area contributed by atoms with E-state index in [0.29, 0.717) is 61.6 Å². The van der Waals surface area contributed by atoms with E-state index in [1.165, 1.54) is 17.8 Å². The number of carbonyl (C=O) groups excluding carboxylic acids is 2. The third kappa shape index (κ3) is 7.83. The molecule has 2 aliphatic heterocycles. The Bertz CT molecular complexity index is 1400. The van der Waals surface area contributed by atoms with Gasteiger partial charge in [0.25, 0.3) is 5.91 Å². The molecule has 11 heteroatoms. The molecule has 0 radical (unpaired) electrons. The number of benzene rings is 2. The van der Waals surface area contributed by atoms with E-state index < -0.39 is 0 Å². The second kappa shape index (κ2) is 14.7. The van der Waals surface area contributed by atoms with Crippen LogP contribution in [0.4, 0.5) is 15.9 Å². The maximum absolute atomic E-state index is 14.3. The Hall–Kier alpha value is -3.70. The Kier molecular flexibility index (Phi) is 10.5. The fourth-order valence-electron chi connectivity index (χ4n) is 5.48. The Morgan fingerprint density at radius 2 is 1.74 bits per heavy atom. The van der Waals surface area contributed by atoms with Crippen LogP contribution in [0.3, 0.4) is 0 Å². The minimum atomic E-state index is -0.261. The highest BCUT2D eigenvalue weighted by molar-refractivity contribution is 7.98. The van der Waals surface area contributed by atoms with Crippen LogP contribution in [0.25, 0.3) is 0 Å². The summed E-state index contributed by atoms with van der Waals surface area (Å²) in [5, 5.41) is 0.652. The number of nitrogens with zero attached hydrogens (tertiary/aromatic N) is 5. The molecule has 1 atom stereocenters. The lowest BCUT2D eigenvalue weighted by Crippen LogP contribution is -2.47. The Balaban J connectivity index is 1.19. The average molecular weight is 608 g/mol. The number of esters is 1. The minimum Gasteiger partial charge on any atom is -0.466 e. The molecule has 0 bridgehead atoms. The van der Waals surface area contributed by atoms with Crippen LogP contribution >= 0.6 is 11.8 Å². The van der Waals surface area contributed by atoms with Gasteiger partial charge >= 0.3 is 5.97 Å². The molecule has 1 unspecified atom stereocenters. The van der Waals surface area contributed by atoms with Crippen LogP contribution < -0.4 is 9.80 Å². The number of carbonyl (C=O) groups is 2. The normalized spacial score (nSPS) is 17.2. The van der Waals surface area contributed by atoms with E-state index in [1.54, 1.807) is 25.0 Å². The van der Waals surface area contributed by atoms with E-state index in [2.05, 4.69) is 9.80 Å². The average Bonchev–Trinajstić information content (AvgIpc) is 3.04. The van der Waals surface area contributed by atoms with Gasteiger partial charge in [0, 0.05) is 63.8 Å². The largest absolute Gasteiger partial charge is 0.466 e. The van der Waals surface area contributed by atoms with E-state index in [0.717, 1.165) is 43.0 Å². The number of piperazine rings is 1. The van der Waals surface area contributed by atoms with Gasteiger partial charge in [0.1, 0.15) is 11.6 Å². The lowest BCUT2D eigenvalue weighted by molar-refractivity contribution is -0.149. The summed E-state index contributed by atoms with van der Waals surface area (Å²) in [7, 11) is 1.64. The van der Waals surface area contributed by atoms with Crippen LogP contribution in [0, 0.1) is 11.7 Å². The number of ether oxygens (including phenoxy) is 2. The molecule has 0 N–H and O–H groups in total. The van der Waals surface area contributed by atoms with Gasteiger partial charge in [0.15, 0.2) is 5.16 Å². The number of hydrogen-bond acceptors (Lipinski definition) is 9. The van der Waals surface area contributed by atoms with Crippen LogP contribution in [-0.2, 0) is 26.6 Å². The highest BCUT2D eigenvalue weighted by atomic mass is 32.2.